The normalized spacial score (nSPS) is 26.4. The van der Waals surface area contributed by atoms with Gasteiger partial charge in [-0.2, -0.15) is 0 Å². The topological polar surface area (TPSA) is 84.7 Å². The van der Waals surface area contributed by atoms with Crippen molar-refractivity contribution in [1.82, 2.24) is 4.90 Å². The fourth-order valence-electron chi connectivity index (χ4n) is 4.94. The average molecular weight is 428 g/mol. The molecule has 158 valence electrons. The molecular formula is C23H26ClN3O3. The highest BCUT2D eigenvalue weighted by molar-refractivity contribution is 5.98. The number of fused-ring (bicyclic) bond motifs is 2. The molecule has 0 spiro atoms. The van der Waals surface area contributed by atoms with Crippen LogP contribution in [0.5, 0.6) is 5.75 Å². The first kappa shape index (κ1) is 20.7. The third-order valence-corrected chi connectivity index (χ3v) is 6.52. The Hall–Kier alpha value is -2.57. The van der Waals surface area contributed by atoms with Gasteiger partial charge in [-0.15, -0.1) is 12.4 Å². The lowest BCUT2D eigenvalue weighted by atomic mass is 9.98. The summed E-state index contributed by atoms with van der Waals surface area (Å²) >= 11 is 0. The van der Waals surface area contributed by atoms with E-state index in [0.717, 1.165) is 37.2 Å². The number of hydrogen-bond acceptors (Lipinski definition) is 4. The molecule has 4 atom stereocenters. The predicted octanol–water partition coefficient (Wildman–Crippen LogP) is 2.86. The van der Waals surface area contributed by atoms with Crippen LogP contribution in [0.3, 0.4) is 0 Å². The Balaban J connectivity index is 0.00000218. The maximum atomic E-state index is 13.0. The molecule has 0 bridgehead atoms. The van der Waals surface area contributed by atoms with E-state index in [0.29, 0.717) is 29.5 Å². The lowest BCUT2D eigenvalue weighted by Gasteiger charge is -2.19. The summed E-state index contributed by atoms with van der Waals surface area (Å²) in [6.45, 7) is 1.51. The molecule has 5 rings (SSSR count). The van der Waals surface area contributed by atoms with E-state index >= 15 is 0 Å². The Morgan fingerprint density at radius 1 is 1.07 bits per heavy atom. The number of para-hydroxylation sites is 1. The minimum absolute atomic E-state index is 0. The van der Waals surface area contributed by atoms with Crippen LogP contribution in [0, 0.1) is 11.8 Å². The van der Waals surface area contributed by atoms with Crippen LogP contribution in [0.4, 0.5) is 5.69 Å². The average Bonchev–Trinajstić information content (AvgIpc) is 3.43. The van der Waals surface area contributed by atoms with Crippen molar-refractivity contribution >= 4 is 29.9 Å². The van der Waals surface area contributed by atoms with Gasteiger partial charge in [0, 0.05) is 36.8 Å². The number of likely N-dealkylation sites (tertiary alicyclic amines) is 1. The van der Waals surface area contributed by atoms with Crippen LogP contribution >= 0.6 is 12.4 Å². The second kappa shape index (κ2) is 8.28. The van der Waals surface area contributed by atoms with Crippen LogP contribution in [0.25, 0.3) is 0 Å². The van der Waals surface area contributed by atoms with E-state index in [9.17, 15) is 9.59 Å². The number of ether oxygens (including phenoxy) is 1. The minimum Gasteiger partial charge on any atom is -0.480 e. The molecule has 3 N–H and O–H groups in total. The van der Waals surface area contributed by atoms with E-state index in [1.165, 1.54) is 0 Å². The zero-order valence-corrected chi connectivity index (χ0v) is 17.4. The Kier molecular flexibility index (Phi) is 5.71. The number of amides is 2. The van der Waals surface area contributed by atoms with Crippen LogP contribution in [-0.4, -0.2) is 41.9 Å². The number of carbonyl (C=O) groups excluding carboxylic acids is 2. The van der Waals surface area contributed by atoms with Gasteiger partial charge in [0.15, 0.2) is 6.10 Å². The predicted molar refractivity (Wildman–Crippen MR) is 117 cm³/mol. The molecule has 7 heteroatoms. The number of nitrogens with one attached hydrogen (secondary N) is 1. The summed E-state index contributed by atoms with van der Waals surface area (Å²) in [6.07, 6.45) is 2.17. The van der Waals surface area contributed by atoms with E-state index in [-0.39, 0.29) is 30.3 Å². The van der Waals surface area contributed by atoms with E-state index in [1.807, 2.05) is 29.2 Å². The summed E-state index contributed by atoms with van der Waals surface area (Å²) in [7, 11) is 0. The zero-order chi connectivity index (χ0) is 20.0. The Morgan fingerprint density at radius 3 is 2.70 bits per heavy atom. The SMILES string of the molecule is Cl.NC1CCC2CN(C(=O)c3cccc(NC(=O)C4Cc5ccccc5O4)c3)CC12. The van der Waals surface area contributed by atoms with Crippen molar-refractivity contribution in [3.05, 3.63) is 59.7 Å². The highest BCUT2D eigenvalue weighted by Gasteiger charge is 2.42. The second-order valence-corrected chi connectivity index (χ2v) is 8.36. The maximum Gasteiger partial charge on any atom is 0.265 e. The first-order chi connectivity index (χ1) is 14.1. The number of benzene rings is 2. The lowest BCUT2D eigenvalue weighted by molar-refractivity contribution is -0.122. The number of hydrogen-bond donors (Lipinski definition) is 2. The Labute approximate surface area is 182 Å². The molecule has 0 radical (unpaired) electrons. The van der Waals surface area contributed by atoms with Crippen molar-refractivity contribution in [1.29, 1.82) is 0 Å². The molecule has 2 aromatic carbocycles. The molecular weight excluding hydrogens is 402 g/mol. The number of rotatable bonds is 3. The van der Waals surface area contributed by atoms with Crippen LogP contribution in [0.1, 0.15) is 28.8 Å². The molecule has 0 aromatic heterocycles. The number of anilines is 1. The van der Waals surface area contributed by atoms with Gasteiger partial charge in [-0.05, 0) is 54.5 Å². The zero-order valence-electron chi connectivity index (χ0n) is 16.6. The number of nitrogens with zero attached hydrogens (tertiary/aromatic N) is 1. The fourth-order valence-corrected chi connectivity index (χ4v) is 4.94. The molecule has 2 aliphatic heterocycles. The molecule has 4 unspecified atom stereocenters. The van der Waals surface area contributed by atoms with Crippen molar-refractivity contribution in [2.24, 2.45) is 17.6 Å². The molecule has 2 aromatic rings. The van der Waals surface area contributed by atoms with Crippen molar-refractivity contribution in [2.45, 2.75) is 31.4 Å². The summed E-state index contributed by atoms with van der Waals surface area (Å²) < 4.78 is 5.75. The fraction of sp³-hybridized carbons (Fsp3) is 0.391. The Morgan fingerprint density at radius 2 is 1.90 bits per heavy atom. The van der Waals surface area contributed by atoms with Crippen LogP contribution in [0.2, 0.25) is 0 Å². The first-order valence-electron chi connectivity index (χ1n) is 10.3. The number of halogens is 1. The molecule has 30 heavy (non-hydrogen) atoms. The van der Waals surface area contributed by atoms with E-state index in [1.54, 1.807) is 24.3 Å². The highest BCUT2D eigenvalue weighted by Crippen LogP contribution is 2.37. The van der Waals surface area contributed by atoms with Crippen molar-refractivity contribution in [3.63, 3.8) is 0 Å². The summed E-state index contributed by atoms with van der Waals surface area (Å²) in [5.41, 5.74) is 8.43. The molecule has 2 amide bonds. The highest BCUT2D eigenvalue weighted by atomic mass is 35.5. The monoisotopic (exact) mass is 427 g/mol. The maximum absolute atomic E-state index is 13.0. The van der Waals surface area contributed by atoms with E-state index < -0.39 is 6.10 Å². The van der Waals surface area contributed by atoms with Crippen LogP contribution < -0.4 is 15.8 Å². The van der Waals surface area contributed by atoms with Crippen molar-refractivity contribution < 1.29 is 14.3 Å². The third kappa shape index (κ3) is 3.77. The standard InChI is InChI=1S/C23H25N3O3.ClH/c24-19-9-8-16-12-26(13-18(16)19)23(28)15-5-3-6-17(10-15)25-22(27)21-11-14-4-1-2-7-20(14)29-21;/h1-7,10,16,18-19,21H,8-9,11-13,24H2,(H,25,27);1H. The second-order valence-electron chi connectivity index (χ2n) is 8.36. The largest absolute Gasteiger partial charge is 0.480 e. The summed E-state index contributed by atoms with van der Waals surface area (Å²) in [5.74, 6) is 1.51. The van der Waals surface area contributed by atoms with Gasteiger partial charge in [-0.25, -0.2) is 0 Å². The lowest BCUT2D eigenvalue weighted by Crippen LogP contribution is -2.33. The Bertz CT molecular complexity index is 941. The van der Waals surface area contributed by atoms with E-state index in [2.05, 4.69) is 5.32 Å². The molecule has 1 aliphatic carbocycles. The van der Waals surface area contributed by atoms with Gasteiger partial charge in [0.25, 0.3) is 11.8 Å². The number of nitrogens with two attached hydrogens (primary N) is 1. The molecule has 1 saturated carbocycles. The molecule has 3 aliphatic rings. The summed E-state index contributed by atoms with van der Waals surface area (Å²) in [5, 5.41) is 2.90. The molecule has 2 heterocycles. The van der Waals surface area contributed by atoms with Gasteiger partial charge in [0.05, 0.1) is 0 Å². The summed E-state index contributed by atoms with van der Waals surface area (Å²) in [6, 6.07) is 15.0. The molecule has 6 nitrogen and oxygen atoms in total. The number of carbonyl (C=O) groups is 2. The quantitative estimate of drug-likeness (QED) is 0.788. The van der Waals surface area contributed by atoms with E-state index in [4.69, 9.17) is 10.5 Å². The smallest absolute Gasteiger partial charge is 0.265 e. The van der Waals surface area contributed by atoms with Gasteiger partial charge in [0.1, 0.15) is 5.75 Å². The van der Waals surface area contributed by atoms with Crippen molar-refractivity contribution in [3.8, 4) is 5.75 Å². The summed E-state index contributed by atoms with van der Waals surface area (Å²) in [4.78, 5) is 27.5. The van der Waals surface area contributed by atoms with Crippen LogP contribution in [-0.2, 0) is 11.2 Å². The first-order valence-corrected chi connectivity index (χ1v) is 10.3. The van der Waals surface area contributed by atoms with Gasteiger partial charge in [0.2, 0.25) is 0 Å². The van der Waals surface area contributed by atoms with Gasteiger partial charge >= 0.3 is 0 Å². The van der Waals surface area contributed by atoms with Gasteiger partial charge in [-0.1, -0.05) is 24.3 Å². The minimum atomic E-state index is -0.550. The van der Waals surface area contributed by atoms with Gasteiger partial charge < -0.3 is 20.7 Å². The van der Waals surface area contributed by atoms with Crippen molar-refractivity contribution in [2.75, 3.05) is 18.4 Å². The molecule has 2 fully saturated rings. The third-order valence-electron chi connectivity index (χ3n) is 6.52. The molecule has 1 saturated heterocycles. The van der Waals surface area contributed by atoms with Gasteiger partial charge in [-0.3, -0.25) is 9.59 Å². The van der Waals surface area contributed by atoms with Crippen LogP contribution in [0.15, 0.2) is 48.5 Å².